The number of aromatic nitrogens is 1. The van der Waals surface area contributed by atoms with Crippen LogP contribution in [0.4, 0.5) is 0 Å². The van der Waals surface area contributed by atoms with Crippen molar-refractivity contribution >= 4 is 17.8 Å². The maximum absolute atomic E-state index is 13.2. The number of benzene rings is 1. The fourth-order valence-corrected chi connectivity index (χ4v) is 6.53. The highest BCUT2D eigenvalue weighted by molar-refractivity contribution is 5.97. The summed E-state index contributed by atoms with van der Waals surface area (Å²) >= 11 is 0. The number of pyridine rings is 1. The minimum atomic E-state index is -0.722. The Morgan fingerprint density at radius 2 is 1.93 bits per heavy atom. The lowest BCUT2D eigenvalue weighted by Gasteiger charge is -2.43. The molecule has 3 aliphatic rings. The number of aliphatic hydroxyl groups excluding tert-OH is 1. The van der Waals surface area contributed by atoms with Gasteiger partial charge in [0.15, 0.2) is 0 Å². The number of Topliss-reactive ketones (excluding diaryl/α,β-unsaturated/α-hetero) is 1. The summed E-state index contributed by atoms with van der Waals surface area (Å²) in [7, 11) is 1.51. The van der Waals surface area contributed by atoms with Crippen molar-refractivity contribution < 1.29 is 28.9 Å². The van der Waals surface area contributed by atoms with Crippen molar-refractivity contribution in [2.75, 3.05) is 33.4 Å². The minimum absolute atomic E-state index is 0.0618. The van der Waals surface area contributed by atoms with Gasteiger partial charge in [-0.05, 0) is 62.6 Å². The SMILES string of the molecule is COc1cc(OCC(O)CN2C[C@@H]3C[C@H](C2)c2cccc(=O)n2C3)cc2c1C(=O)O[C@@H](C)CCCC(=O)CCCC=C2. The summed E-state index contributed by atoms with van der Waals surface area (Å²) in [6.07, 6.45) is 7.63. The molecule has 42 heavy (non-hydrogen) atoms. The van der Waals surface area contributed by atoms with Gasteiger partial charge in [0, 0.05) is 62.8 Å². The summed E-state index contributed by atoms with van der Waals surface area (Å²) in [5, 5.41) is 10.9. The van der Waals surface area contributed by atoms with Crippen LogP contribution in [0.2, 0.25) is 0 Å². The lowest BCUT2D eigenvalue weighted by Crippen LogP contribution is -2.49. The van der Waals surface area contributed by atoms with E-state index >= 15 is 0 Å². The number of ketones is 1. The topological polar surface area (TPSA) is 107 Å². The van der Waals surface area contributed by atoms with Gasteiger partial charge in [0.1, 0.15) is 35.6 Å². The van der Waals surface area contributed by atoms with Crippen molar-refractivity contribution in [1.82, 2.24) is 9.47 Å². The zero-order valence-electron chi connectivity index (χ0n) is 24.6. The van der Waals surface area contributed by atoms with E-state index in [0.29, 0.717) is 73.7 Å². The lowest BCUT2D eigenvalue weighted by molar-refractivity contribution is -0.119. The number of aliphatic hydroxyl groups is 1. The Bertz CT molecular complexity index is 1370. The molecule has 226 valence electrons. The molecule has 1 N–H and O–H groups in total. The number of ether oxygens (including phenoxy) is 3. The monoisotopic (exact) mass is 578 g/mol. The summed E-state index contributed by atoms with van der Waals surface area (Å²) in [4.78, 5) is 39.9. The van der Waals surface area contributed by atoms with Gasteiger partial charge in [-0.2, -0.15) is 0 Å². The number of esters is 1. The molecular weight excluding hydrogens is 536 g/mol. The van der Waals surface area contributed by atoms with Crippen LogP contribution in [0, 0.1) is 5.92 Å². The third kappa shape index (κ3) is 7.31. The summed E-state index contributed by atoms with van der Waals surface area (Å²) in [6.45, 7) is 4.72. The molecule has 9 nitrogen and oxygen atoms in total. The standard InChI is InChI=1S/C33H42N2O7/c1-22-8-6-11-26(36)10-5-3-4-9-24-15-28(16-30(40-2)32(24)33(39)42-22)41-21-27(37)20-34-17-23-14-25(19-34)29-12-7-13-31(38)35(29)18-23/h4,7,9,12-13,15-16,22-23,25,27,37H,3,5-6,8,10-11,14,17-21H2,1-2H3/t22-,23-,25+,27?/m0/s1. The summed E-state index contributed by atoms with van der Waals surface area (Å²) in [6, 6.07) is 8.92. The first-order chi connectivity index (χ1) is 20.3. The van der Waals surface area contributed by atoms with E-state index in [1.54, 1.807) is 18.2 Å². The first-order valence-corrected chi connectivity index (χ1v) is 15.1. The molecule has 4 heterocycles. The number of likely N-dealkylation sites (tertiary alicyclic amines) is 1. The number of fused-ring (bicyclic) bond motifs is 5. The van der Waals surface area contributed by atoms with E-state index in [1.165, 1.54) is 7.11 Å². The number of nitrogens with zero attached hydrogens (tertiary/aromatic N) is 2. The highest BCUT2D eigenvalue weighted by Crippen LogP contribution is 2.35. The van der Waals surface area contributed by atoms with Gasteiger partial charge in [0.05, 0.1) is 13.2 Å². The molecule has 5 rings (SSSR count). The number of rotatable bonds is 6. The highest BCUT2D eigenvalue weighted by atomic mass is 16.5. The van der Waals surface area contributed by atoms with E-state index in [9.17, 15) is 19.5 Å². The first kappa shape index (κ1) is 30.0. The number of piperidine rings is 1. The second-order valence-corrected chi connectivity index (χ2v) is 11.9. The number of cyclic esters (lactones) is 1. The Hall–Kier alpha value is -3.43. The number of allylic oxidation sites excluding steroid dienone is 1. The predicted octanol–water partition coefficient (Wildman–Crippen LogP) is 4.20. The molecule has 9 heteroatoms. The van der Waals surface area contributed by atoms with Gasteiger partial charge in [-0.25, -0.2) is 4.79 Å². The van der Waals surface area contributed by atoms with Crippen LogP contribution >= 0.6 is 0 Å². The molecule has 0 saturated carbocycles. The molecule has 0 aliphatic carbocycles. The minimum Gasteiger partial charge on any atom is -0.496 e. The summed E-state index contributed by atoms with van der Waals surface area (Å²) in [5.41, 5.74) is 2.09. The van der Waals surface area contributed by atoms with Crippen molar-refractivity contribution in [3.63, 3.8) is 0 Å². The molecule has 1 saturated heterocycles. The van der Waals surface area contributed by atoms with E-state index < -0.39 is 12.1 Å². The first-order valence-electron chi connectivity index (χ1n) is 15.1. The zero-order valence-corrected chi connectivity index (χ0v) is 24.6. The van der Waals surface area contributed by atoms with Gasteiger partial charge < -0.3 is 23.9 Å². The average molecular weight is 579 g/mol. The van der Waals surface area contributed by atoms with Crippen LogP contribution in [0.15, 0.2) is 41.2 Å². The number of carbonyl (C=O) groups is 2. The molecular formula is C33H42N2O7. The van der Waals surface area contributed by atoms with E-state index in [4.69, 9.17) is 14.2 Å². The van der Waals surface area contributed by atoms with Gasteiger partial charge in [0.25, 0.3) is 5.56 Å². The van der Waals surface area contributed by atoms with Crippen molar-refractivity contribution in [1.29, 1.82) is 0 Å². The van der Waals surface area contributed by atoms with E-state index in [0.717, 1.165) is 31.6 Å². The van der Waals surface area contributed by atoms with Crippen molar-refractivity contribution in [3.05, 3.63) is 63.6 Å². The maximum Gasteiger partial charge on any atom is 0.342 e. The number of methoxy groups -OCH3 is 1. The van der Waals surface area contributed by atoms with Crippen molar-refractivity contribution in [2.45, 2.75) is 76.5 Å². The molecule has 1 fully saturated rings. The second kappa shape index (κ2) is 13.7. The molecule has 2 aromatic rings. The quantitative estimate of drug-likeness (QED) is 0.509. The number of hydrogen-bond donors (Lipinski definition) is 1. The Balaban J connectivity index is 1.26. The van der Waals surface area contributed by atoms with Gasteiger partial charge in [-0.1, -0.05) is 18.2 Å². The Labute approximate surface area is 247 Å². The summed E-state index contributed by atoms with van der Waals surface area (Å²) in [5.74, 6) is 1.25. The van der Waals surface area contributed by atoms with Gasteiger partial charge in [-0.15, -0.1) is 0 Å². The van der Waals surface area contributed by atoms with E-state index in [-0.39, 0.29) is 30.0 Å². The Morgan fingerprint density at radius 3 is 2.76 bits per heavy atom. The molecule has 4 atom stereocenters. The zero-order chi connectivity index (χ0) is 29.6. The van der Waals surface area contributed by atoms with Crippen LogP contribution in [0.5, 0.6) is 11.5 Å². The molecule has 3 aliphatic heterocycles. The molecule has 2 bridgehead atoms. The van der Waals surface area contributed by atoms with Crippen LogP contribution in [0.25, 0.3) is 6.08 Å². The third-order valence-corrected chi connectivity index (χ3v) is 8.50. The molecule has 1 unspecified atom stereocenters. The van der Waals surface area contributed by atoms with Crippen molar-refractivity contribution in [3.8, 4) is 11.5 Å². The highest BCUT2D eigenvalue weighted by Gasteiger charge is 2.35. The second-order valence-electron chi connectivity index (χ2n) is 11.9. The third-order valence-electron chi connectivity index (χ3n) is 8.50. The van der Waals surface area contributed by atoms with Crippen LogP contribution in [-0.2, 0) is 16.1 Å². The van der Waals surface area contributed by atoms with Crippen LogP contribution in [0.3, 0.4) is 0 Å². The smallest absolute Gasteiger partial charge is 0.342 e. The normalized spacial score (nSPS) is 24.1. The van der Waals surface area contributed by atoms with Gasteiger partial charge in [0.2, 0.25) is 0 Å². The van der Waals surface area contributed by atoms with Crippen molar-refractivity contribution in [2.24, 2.45) is 5.92 Å². The predicted molar refractivity (Wildman–Crippen MR) is 159 cm³/mol. The Kier molecular flexibility index (Phi) is 9.80. The molecule has 1 aromatic carbocycles. The largest absolute Gasteiger partial charge is 0.496 e. The number of hydrogen-bond acceptors (Lipinski definition) is 8. The molecule has 1 aromatic heterocycles. The molecule has 0 spiro atoms. The number of carbonyl (C=O) groups excluding carboxylic acids is 2. The van der Waals surface area contributed by atoms with Gasteiger partial charge >= 0.3 is 5.97 Å². The molecule has 0 amide bonds. The maximum atomic E-state index is 13.2. The van der Waals surface area contributed by atoms with Crippen LogP contribution < -0.4 is 15.0 Å². The van der Waals surface area contributed by atoms with E-state index in [1.807, 2.05) is 35.8 Å². The molecule has 0 radical (unpaired) electrons. The van der Waals surface area contributed by atoms with Crippen LogP contribution in [0.1, 0.15) is 79.4 Å². The number of β-amino-alcohol motifs (C(OH)–C–C–N with tert-alkyl or cyclic N) is 1. The Morgan fingerprint density at radius 1 is 1.10 bits per heavy atom. The van der Waals surface area contributed by atoms with E-state index in [2.05, 4.69) is 4.90 Å². The fraction of sp³-hybridized carbons (Fsp3) is 0.545. The van der Waals surface area contributed by atoms with Crippen LogP contribution in [-0.4, -0.2) is 71.9 Å². The average Bonchev–Trinajstić information content (AvgIpc) is 2.95. The fourth-order valence-electron chi connectivity index (χ4n) is 6.53. The lowest BCUT2D eigenvalue weighted by atomic mass is 9.83. The van der Waals surface area contributed by atoms with Gasteiger partial charge in [-0.3, -0.25) is 14.5 Å². The summed E-state index contributed by atoms with van der Waals surface area (Å²) < 4.78 is 19.2.